The van der Waals surface area contributed by atoms with Gasteiger partial charge in [-0.2, -0.15) is 0 Å². The molecule has 0 aliphatic carbocycles. The molecule has 0 aliphatic rings. The third-order valence-corrected chi connectivity index (χ3v) is 13.3. The maximum Gasteiger partial charge on any atom is 0.121 e. The van der Waals surface area contributed by atoms with Gasteiger partial charge in [-0.3, -0.25) is 0 Å². The summed E-state index contributed by atoms with van der Waals surface area (Å²) in [6, 6.07) is 9.47. The van der Waals surface area contributed by atoms with Gasteiger partial charge in [0, 0.05) is 0 Å². The maximum absolute atomic E-state index is 11.9. The standard InChI is InChI=1S/C53H92O2/c1-9-17-21-25-29-42(13-5)34-48-38-46(39-49(52(48)54)35-43(14-6)30-26-22-18-10-2)33-47-40-50(36-44(15-7)31-27-23-19-11-3)53(55)51(41-47)37-45(16-8)32-28-24-20-12-4/h38-45,54-55H,9-37H2,1-8H3. The van der Waals surface area contributed by atoms with Crippen molar-refractivity contribution in [2.75, 3.05) is 0 Å². The van der Waals surface area contributed by atoms with E-state index in [4.69, 9.17) is 0 Å². The smallest absolute Gasteiger partial charge is 0.121 e. The lowest BCUT2D eigenvalue weighted by Crippen LogP contribution is -2.10. The van der Waals surface area contributed by atoms with Crippen molar-refractivity contribution in [2.45, 2.75) is 242 Å². The molecule has 2 aromatic carbocycles. The van der Waals surface area contributed by atoms with Crippen LogP contribution in [0.25, 0.3) is 0 Å². The number of phenolic OH excluding ortho intramolecular Hbond substituents is 2. The van der Waals surface area contributed by atoms with Crippen molar-refractivity contribution >= 4 is 0 Å². The Balaban J connectivity index is 2.55. The van der Waals surface area contributed by atoms with Crippen molar-refractivity contribution < 1.29 is 10.2 Å². The summed E-state index contributed by atoms with van der Waals surface area (Å²) >= 11 is 0. The third-order valence-electron chi connectivity index (χ3n) is 13.3. The van der Waals surface area contributed by atoms with E-state index in [1.54, 1.807) is 0 Å². The SMILES string of the molecule is CCCCCCC(CC)Cc1cc(Cc2cc(CC(CC)CCCCCC)c(O)c(CC(CC)CCCCCC)c2)cc(CC(CC)CCCCCC)c1O. The van der Waals surface area contributed by atoms with Gasteiger partial charge >= 0.3 is 0 Å². The Morgan fingerprint density at radius 3 is 0.782 bits per heavy atom. The van der Waals surface area contributed by atoms with Crippen LogP contribution in [0.2, 0.25) is 0 Å². The van der Waals surface area contributed by atoms with E-state index >= 15 is 0 Å². The van der Waals surface area contributed by atoms with Crippen LogP contribution < -0.4 is 0 Å². The predicted molar refractivity (Wildman–Crippen MR) is 244 cm³/mol. The first-order valence-electron chi connectivity index (χ1n) is 24.4. The van der Waals surface area contributed by atoms with Gasteiger partial charge in [-0.05, 0) is 89.2 Å². The zero-order valence-electron chi connectivity index (χ0n) is 38.0. The Morgan fingerprint density at radius 2 is 0.582 bits per heavy atom. The molecule has 2 aromatic rings. The molecule has 0 saturated heterocycles. The third kappa shape index (κ3) is 19.4. The first kappa shape index (κ1) is 49.2. The van der Waals surface area contributed by atoms with Crippen LogP contribution in [0, 0.1) is 23.7 Å². The second kappa shape index (κ2) is 30.2. The monoisotopic (exact) mass is 761 g/mol. The summed E-state index contributed by atoms with van der Waals surface area (Å²) in [7, 11) is 0. The number of hydrogen-bond donors (Lipinski definition) is 2. The van der Waals surface area contributed by atoms with Gasteiger partial charge in [-0.15, -0.1) is 0 Å². The fraction of sp³-hybridized carbons (Fsp3) is 0.774. The van der Waals surface area contributed by atoms with Gasteiger partial charge in [-0.1, -0.05) is 234 Å². The van der Waals surface area contributed by atoms with E-state index in [-0.39, 0.29) is 0 Å². The highest BCUT2D eigenvalue weighted by atomic mass is 16.3. The van der Waals surface area contributed by atoms with Crippen molar-refractivity contribution in [1.82, 2.24) is 0 Å². The molecule has 0 bridgehead atoms. The number of aromatic hydroxyl groups is 2. The van der Waals surface area contributed by atoms with Gasteiger partial charge in [-0.25, -0.2) is 0 Å². The van der Waals surface area contributed by atoms with Crippen molar-refractivity contribution in [1.29, 1.82) is 0 Å². The minimum Gasteiger partial charge on any atom is -0.507 e. The predicted octanol–water partition coefficient (Wildman–Crippen LogP) is 16.8. The Hall–Kier alpha value is -1.96. The van der Waals surface area contributed by atoms with Gasteiger partial charge in [0.25, 0.3) is 0 Å². The van der Waals surface area contributed by atoms with Gasteiger partial charge in [0.1, 0.15) is 11.5 Å². The van der Waals surface area contributed by atoms with Crippen LogP contribution in [0.1, 0.15) is 243 Å². The summed E-state index contributed by atoms with van der Waals surface area (Å²) in [5, 5.41) is 23.9. The molecule has 0 heterocycles. The van der Waals surface area contributed by atoms with Gasteiger partial charge in [0.2, 0.25) is 0 Å². The van der Waals surface area contributed by atoms with Gasteiger partial charge in [0.15, 0.2) is 0 Å². The number of unbranched alkanes of at least 4 members (excludes halogenated alkanes) is 12. The average molecular weight is 761 g/mol. The average Bonchev–Trinajstić information content (AvgIpc) is 3.19. The fourth-order valence-corrected chi connectivity index (χ4v) is 9.21. The highest BCUT2D eigenvalue weighted by Gasteiger charge is 2.21. The highest BCUT2D eigenvalue weighted by molar-refractivity contribution is 5.49. The van der Waals surface area contributed by atoms with E-state index in [2.05, 4.69) is 79.7 Å². The normalized spacial score (nSPS) is 14.0. The van der Waals surface area contributed by atoms with Crippen LogP contribution in [0.3, 0.4) is 0 Å². The quantitative estimate of drug-likeness (QED) is 0.0698. The number of phenols is 2. The molecule has 4 unspecified atom stereocenters. The molecule has 316 valence electrons. The minimum atomic E-state index is 0.581. The molecule has 0 aliphatic heterocycles. The lowest BCUT2D eigenvalue weighted by Gasteiger charge is -2.22. The van der Waals surface area contributed by atoms with Crippen molar-refractivity contribution in [3.8, 4) is 11.5 Å². The number of rotatable bonds is 34. The summed E-state index contributed by atoms with van der Waals surface area (Å²) in [6.45, 7) is 18.6. The Bertz CT molecular complexity index is 1060. The van der Waals surface area contributed by atoms with E-state index in [9.17, 15) is 10.2 Å². The fourth-order valence-electron chi connectivity index (χ4n) is 9.21. The molecule has 0 aromatic heterocycles. The second-order valence-electron chi connectivity index (χ2n) is 18.0. The molecular weight excluding hydrogens is 669 g/mol. The maximum atomic E-state index is 11.9. The first-order valence-corrected chi connectivity index (χ1v) is 24.4. The zero-order valence-corrected chi connectivity index (χ0v) is 38.0. The summed E-state index contributed by atoms with van der Waals surface area (Å²) in [5.41, 5.74) is 7.37. The Labute approximate surface area is 343 Å². The van der Waals surface area contributed by atoms with Gasteiger partial charge in [0.05, 0.1) is 0 Å². The van der Waals surface area contributed by atoms with E-state index in [0.29, 0.717) is 35.2 Å². The topological polar surface area (TPSA) is 40.5 Å². The largest absolute Gasteiger partial charge is 0.507 e. The van der Waals surface area contributed by atoms with Crippen LogP contribution in [0.4, 0.5) is 0 Å². The van der Waals surface area contributed by atoms with Gasteiger partial charge < -0.3 is 10.2 Å². The molecule has 0 saturated carbocycles. The van der Waals surface area contributed by atoms with Crippen LogP contribution in [-0.4, -0.2) is 10.2 Å². The molecule has 0 fully saturated rings. The second-order valence-corrected chi connectivity index (χ2v) is 18.0. The molecule has 2 N–H and O–H groups in total. The van der Waals surface area contributed by atoms with Crippen LogP contribution in [0.5, 0.6) is 11.5 Å². The first-order chi connectivity index (χ1) is 26.8. The van der Waals surface area contributed by atoms with E-state index < -0.39 is 0 Å². The number of hydrogen-bond acceptors (Lipinski definition) is 2. The lowest BCUT2D eigenvalue weighted by molar-refractivity contribution is 0.405. The summed E-state index contributed by atoms with van der Waals surface area (Å²) in [6.07, 6.45) is 35.3. The minimum absolute atomic E-state index is 0.581. The molecule has 2 nitrogen and oxygen atoms in total. The Morgan fingerprint density at radius 1 is 0.345 bits per heavy atom. The van der Waals surface area contributed by atoms with Crippen molar-refractivity contribution in [3.63, 3.8) is 0 Å². The molecular formula is C53H92O2. The van der Waals surface area contributed by atoms with E-state index in [1.807, 2.05) is 0 Å². The Kier molecular flexibility index (Phi) is 27.0. The van der Waals surface area contributed by atoms with E-state index in [0.717, 1.165) is 32.1 Å². The van der Waals surface area contributed by atoms with Crippen molar-refractivity contribution in [2.24, 2.45) is 23.7 Å². The highest BCUT2D eigenvalue weighted by Crippen LogP contribution is 2.36. The summed E-state index contributed by atoms with van der Waals surface area (Å²) in [4.78, 5) is 0. The zero-order chi connectivity index (χ0) is 40.3. The van der Waals surface area contributed by atoms with Crippen molar-refractivity contribution in [3.05, 3.63) is 57.6 Å². The van der Waals surface area contributed by atoms with Crippen LogP contribution >= 0.6 is 0 Å². The molecule has 4 atom stereocenters. The molecule has 0 amide bonds. The van der Waals surface area contributed by atoms with Crippen LogP contribution in [0.15, 0.2) is 24.3 Å². The summed E-state index contributed by atoms with van der Waals surface area (Å²) < 4.78 is 0. The molecule has 0 spiro atoms. The molecule has 2 rings (SSSR count). The molecule has 55 heavy (non-hydrogen) atoms. The molecule has 0 radical (unpaired) electrons. The number of benzene rings is 2. The molecule has 2 heteroatoms. The lowest BCUT2D eigenvalue weighted by atomic mass is 9.84. The van der Waals surface area contributed by atoms with E-state index in [1.165, 1.54) is 187 Å². The van der Waals surface area contributed by atoms with Crippen LogP contribution in [-0.2, 0) is 32.1 Å². The summed E-state index contributed by atoms with van der Waals surface area (Å²) in [5.74, 6) is 3.61.